The van der Waals surface area contributed by atoms with Gasteiger partial charge in [0.25, 0.3) is 5.91 Å². The summed E-state index contributed by atoms with van der Waals surface area (Å²) in [7, 11) is 0. The van der Waals surface area contributed by atoms with Crippen LogP contribution >= 0.6 is 15.9 Å². The van der Waals surface area contributed by atoms with Crippen LogP contribution in [0.3, 0.4) is 0 Å². The summed E-state index contributed by atoms with van der Waals surface area (Å²) in [6, 6.07) is 35.4. The molecule has 0 unspecified atom stereocenters. The maximum Gasteiger partial charge on any atom is 0.252 e. The molecule has 2 atom stereocenters. The monoisotopic (exact) mass is 612 g/mol. The molecule has 210 valence electrons. The Morgan fingerprint density at radius 3 is 2.22 bits per heavy atom. The van der Waals surface area contributed by atoms with E-state index in [0.29, 0.717) is 44.1 Å². The lowest BCUT2D eigenvalue weighted by Crippen LogP contribution is -2.50. The van der Waals surface area contributed by atoms with Crippen LogP contribution in [0.4, 0.5) is 0 Å². The summed E-state index contributed by atoms with van der Waals surface area (Å²) >= 11 is 3.52. The zero-order chi connectivity index (χ0) is 28.5. The van der Waals surface area contributed by atoms with E-state index in [1.807, 2.05) is 97.1 Å². The van der Waals surface area contributed by atoms with E-state index < -0.39 is 11.6 Å². The number of hydrogen-bond acceptors (Lipinski definition) is 5. The standard InChI is InChI=1S/C34H33BrN2O4/c35-29-16-12-27(13-17-29)31-34(24-26-10-5-2-6-11-26,33(39)36-21-20-25-8-3-1-4-9-25)37-32(41-31)28-14-18-30(19-15-28)40-23-7-22-38/h1-6,8-19,31,38H,7,20-24H2,(H,36,39)/t31-,34-/m1/s1. The lowest BCUT2D eigenvalue weighted by Gasteiger charge is -2.31. The van der Waals surface area contributed by atoms with Gasteiger partial charge in [-0.25, -0.2) is 4.99 Å². The lowest BCUT2D eigenvalue weighted by molar-refractivity contribution is -0.128. The van der Waals surface area contributed by atoms with E-state index in [1.165, 1.54) is 0 Å². The van der Waals surface area contributed by atoms with E-state index >= 15 is 0 Å². The molecule has 4 aromatic carbocycles. The van der Waals surface area contributed by atoms with Gasteiger partial charge in [0, 0.05) is 36.0 Å². The first-order valence-corrected chi connectivity index (χ1v) is 14.6. The van der Waals surface area contributed by atoms with Crippen molar-refractivity contribution in [1.82, 2.24) is 5.32 Å². The third-order valence-electron chi connectivity index (χ3n) is 7.06. The van der Waals surface area contributed by atoms with Crippen molar-refractivity contribution in [3.63, 3.8) is 0 Å². The van der Waals surface area contributed by atoms with E-state index in [1.54, 1.807) is 0 Å². The van der Waals surface area contributed by atoms with Crippen molar-refractivity contribution in [1.29, 1.82) is 0 Å². The van der Waals surface area contributed by atoms with E-state index in [0.717, 1.165) is 26.7 Å². The van der Waals surface area contributed by atoms with Crippen LogP contribution in [0.15, 0.2) is 119 Å². The van der Waals surface area contributed by atoms with Crippen molar-refractivity contribution in [3.8, 4) is 5.75 Å². The minimum absolute atomic E-state index is 0.0804. The Hall–Kier alpha value is -3.94. The number of nitrogens with one attached hydrogen (secondary N) is 1. The molecule has 41 heavy (non-hydrogen) atoms. The second kappa shape index (κ2) is 13.6. The molecule has 0 aliphatic carbocycles. The average molecular weight is 614 g/mol. The molecule has 0 aromatic heterocycles. The maximum atomic E-state index is 14.2. The normalized spacial score (nSPS) is 17.9. The van der Waals surface area contributed by atoms with Crippen LogP contribution in [-0.4, -0.2) is 42.2 Å². The Labute approximate surface area is 249 Å². The topological polar surface area (TPSA) is 80.2 Å². The van der Waals surface area contributed by atoms with Crippen molar-refractivity contribution >= 4 is 27.7 Å². The highest BCUT2D eigenvalue weighted by molar-refractivity contribution is 9.10. The van der Waals surface area contributed by atoms with Gasteiger partial charge < -0.3 is 19.9 Å². The largest absolute Gasteiger partial charge is 0.494 e. The van der Waals surface area contributed by atoms with E-state index in [2.05, 4.69) is 33.4 Å². The molecule has 1 heterocycles. The number of aliphatic hydroxyl groups is 1. The smallest absolute Gasteiger partial charge is 0.252 e. The molecule has 6 nitrogen and oxygen atoms in total. The van der Waals surface area contributed by atoms with Crippen LogP contribution in [-0.2, 0) is 22.4 Å². The number of hydrogen-bond donors (Lipinski definition) is 2. The number of halogens is 1. The molecular formula is C34H33BrN2O4. The molecule has 5 rings (SSSR count). The van der Waals surface area contributed by atoms with E-state index in [4.69, 9.17) is 19.6 Å². The summed E-state index contributed by atoms with van der Waals surface area (Å²) < 4.78 is 13.2. The number of aliphatic hydroxyl groups excluding tert-OH is 1. The number of amides is 1. The molecule has 0 bridgehead atoms. The number of rotatable bonds is 12. The summed E-state index contributed by atoms with van der Waals surface area (Å²) in [5, 5.41) is 12.2. The van der Waals surface area contributed by atoms with E-state index in [-0.39, 0.29) is 12.5 Å². The molecule has 0 saturated carbocycles. The first kappa shape index (κ1) is 28.6. The fourth-order valence-corrected chi connectivity index (χ4v) is 5.21. The van der Waals surface area contributed by atoms with Crippen molar-refractivity contribution < 1.29 is 19.4 Å². The third kappa shape index (κ3) is 7.04. The number of carbonyl (C=O) groups is 1. The summed E-state index contributed by atoms with van der Waals surface area (Å²) in [6.07, 6.45) is 1.01. The molecule has 0 spiro atoms. The zero-order valence-corrected chi connectivity index (χ0v) is 24.3. The first-order chi connectivity index (χ1) is 20.1. The second-order valence-electron chi connectivity index (χ2n) is 9.99. The molecule has 1 amide bonds. The molecular weight excluding hydrogens is 580 g/mol. The maximum absolute atomic E-state index is 14.2. The molecule has 4 aromatic rings. The Morgan fingerprint density at radius 1 is 0.902 bits per heavy atom. The fourth-order valence-electron chi connectivity index (χ4n) is 4.95. The Morgan fingerprint density at radius 2 is 1.56 bits per heavy atom. The molecule has 7 heteroatoms. The predicted octanol–water partition coefficient (Wildman–Crippen LogP) is 6.07. The molecule has 2 N–H and O–H groups in total. The SMILES string of the molecule is O=C(NCCc1ccccc1)[C@]1(Cc2ccccc2)N=C(c2ccc(OCCCO)cc2)O[C@@H]1c1ccc(Br)cc1. The van der Waals surface area contributed by atoms with Crippen LogP contribution in [0.1, 0.15) is 34.8 Å². The van der Waals surface area contributed by atoms with Gasteiger partial charge in [0.2, 0.25) is 5.90 Å². The predicted molar refractivity (Wildman–Crippen MR) is 164 cm³/mol. The lowest BCUT2D eigenvalue weighted by atomic mass is 9.82. The minimum Gasteiger partial charge on any atom is -0.494 e. The molecule has 0 fully saturated rings. The average Bonchev–Trinajstić information content (AvgIpc) is 3.39. The van der Waals surface area contributed by atoms with Gasteiger partial charge in [-0.15, -0.1) is 0 Å². The van der Waals surface area contributed by atoms with E-state index in [9.17, 15) is 4.79 Å². The van der Waals surface area contributed by atoms with Crippen LogP contribution in [0.2, 0.25) is 0 Å². The van der Waals surface area contributed by atoms with Gasteiger partial charge in [-0.1, -0.05) is 88.7 Å². The molecule has 0 saturated heterocycles. The van der Waals surface area contributed by atoms with Gasteiger partial charge in [0.15, 0.2) is 11.6 Å². The molecule has 0 radical (unpaired) electrons. The fraction of sp³-hybridized carbons (Fsp3) is 0.235. The van der Waals surface area contributed by atoms with Crippen LogP contribution in [0.5, 0.6) is 5.75 Å². The minimum atomic E-state index is -1.22. The summed E-state index contributed by atoms with van der Waals surface area (Å²) in [5.41, 5.74) is 2.55. The number of aliphatic imine (C=N–C) groups is 1. The molecule has 1 aliphatic rings. The summed E-state index contributed by atoms with van der Waals surface area (Å²) in [5.74, 6) is 0.928. The van der Waals surface area contributed by atoms with Gasteiger partial charge in [-0.05, 0) is 59.5 Å². The Bertz CT molecular complexity index is 1440. The molecule has 1 aliphatic heterocycles. The van der Waals surface area contributed by atoms with Gasteiger partial charge in [-0.3, -0.25) is 4.79 Å². The number of carbonyl (C=O) groups excluding carboxylic acids is 1. The Balaban J connectivity index is 1.50. The van der Waals surface area contributed by atoms with Gasteiger partial charge in [0.05, 0.1) is 6.61 Å². The summed E-state index contributed by atoms with van der Waals surface area (Å²) in [4.78, 5) is 19.3. The quantitative estimate of drug-likeness (QED) is 0.190. The van der Waals surface area contributed by atoms with Crippen molar-refractivity contribution in [3.05, 3.63) is 136 Å². The number of ether oxygens (including phenoxy) is 2. The van der Waals surface area contributed by atoms with Crippen molar-refractivity contribution in [2.45, 2.75) is 30.9 Å². The van der Waals surface area contributed by atoms with Gasteiger partial charge in [0.1, 0.15) is 5.75 Å². The third-order valence-corrected chi connectivity index (χ3v) is 7.59. The van der Waals surface area contributed by atoms with Gasteiger partial charge in [-0.2, -0.15) is 0 Å². The highest BCUT2D eigenvalue weighted by Gasteiger charge is 2.53. The Kier molecular flexibility index (Phi) is 9.49. The highest BCUT2D eigenvalue weighted by Crippen LogP contribution is 2.42. The zero-order valence-electron chi connectivity index (χ0n) is 22.7. The van der Waals surface area contributed by atoms with Crippen LogP contribution in [0.25, 0.3) is 0 Å². The van der Waals surface area contributed by atoms with Crippen LogP contribution in [0, 0.1) is 0 Å². The number of benzene rings is 4. The van der Waals surface area contributed by atoms with Gasteiger partial charge >= 0.3 is 0 Å². The van der Waals surface area contributed by atoms with Crippen molar-refractivity contribution in [2.75, 3.05) is 19.8 Å². The van der Waals surface area contributed by atoms with Crippen LogP contribution < -0.4 is 10.1 Å². The first-order valence-electron chi connectivity index (χ1n) is 13.8. The summed E-state index contributed by atoms with van der Waals surface area (Å²) in [6.45, 7) is 0.997. The number of nitrogens with zero attached hydrogens (tertiary/aromatic N) is 1. The second-order valence-corrected chi connectivity index (χ2v) is 10.9. The highest BCUT2D eigenvalue weighted by atomic mass is 79.9. The van der Waals surface area contributed by atoms with Crippen molar-refractivity contribution in [2.24, 2.45) is 4.99 Å².